The number of ether oxygens (including phenoxy) is 6. The van der Waals surface area contributed by atoms with Crippen LogP contribution >= 0.6 is 22.9 Å². The predicted octanol–water partition coefficient (Wildman–Crippen LogP) is 4.86. The fraction of sp³-hybridized carbons (Fsp3) is 0.270. The van der Waals surface area contributed by atoms with Gasteiger partial charge in [0, 0.05) is 5.56 Å². The van der Waals surface area contributed by atoms with Crippen LogP contribution in [0.4, 0.5) is 0 Å². The second-order valence-electron chi connectivity index (χ2n) is 10.9. The van der Waals surface area contributed by atoms with Crippen molar-refractivity contribution in [3.05, 3.63) is 113 Å². The summed E-state index contributed by atoms with van der Waals surface area (Å²) in [5, 5.41) is 9.67. The SMILES string of the molecule is CCOC(=O)C1=C(C)N=c2s/c(=C\c3cc(Cl)c(OCc4ccccc4C#N)c(OC)c3)c(=O)n2[C@@H]1c1ccc(OCC(=O)OC)c(OCC)c1. The average molecular weight is 732 g/mol. The normalized spacial score (nSPS) is 13.8. The second kappa shape index (κ2) is 16.4. The lowest BCUT2D eigenvalue weighted by Gasteiger charge is -2.25. The lowest BCUT2D eigenvalue weighted by Crippen LogP contribution is -2.40. The van der Waals surface area contributed by atoms with Gasteiger partial charge in [0.15, 0.2) is 34.4 Å². The molecule has 51 heavy (non-hydrogen) atoms. The Hall–Kier alpha value is -5.58. The molecule has 1 aliphatic rings. The molecule has 0 unspecified atom stereocenters. The van der Waals surface area contributed by atoms with Gasteiger partial charge < -0.3 is 28.4 Å². The van der Waals surface area contributed by atoms with E-state index in [-0.39, 0.29) is 48.5 Å². The fourth-order valence-electron chi connectivity index (χ4n) is 5.40. The first-order chi connectivity index (χ1) is 24.6. The Morgan fingerprint density at radius 1 is 1.02 bits per heavy atom. The van der Waals surface area contributed by atoms with E-state index < -0.39 is 23.5 Å². The number of carbonyl (C=O) groups is 2. The molecule has 0 fully saturated rings. The highest BCUT2D eigenvalue weighted by atomic mass is 35.5. The van der Waals surface area contributed by atoms with Crippen LogP contribution in [0, 0.1) is 11.3 Å². The van der Waals surface area contributed by atoms with E-state index in [1.165, 1.54) is 18.8 Å². The van der Waals surface area contributed by atoms with Crippen LogP contribution in [0.2, 0.25) is 5.02 Å². The van der Waals surface area contributed by atoms with Crippen LogP contribution in [0.15, 0.2) is 75.7 Å². The maximum Gasteiger partial charge on any atom is 0.343 e. The van der Waals surface area contributed by atoms with E-state index in [0.717, 1.165) is 11.3 Å². The molecule has 2 heterocycles. The van der Waals surface area contributed by atoms with Gasteiger partial charge in [-0.25, -0.2) is 14.6 Å². The van der Waals surface area contributed by atoms with Crippen LogP contribution < -0.4 is 33.8 Å². The van der Waals surface area contributed by atoms with Gasteiger partial charge in [0.2, 0.25) is 0 Å². The Balaban J connectivity index is 1.59. The molecule has 14 heteroatoms. The van der Waals surface area contributed by atoms with Crippen molar-refractivity contribution in [2.24, 2.45) is 4.99 Å². The Morgan fingerprint density at radius 2 is 1.80 bits per heavy atom. The molecular formula is C37H34ClN3O9S. The highest BCUT2D eigenvalue weighted by Gasteiger charge is 2.34. The zero-order valence-electron chi connectivity index (χ0n) is 28.5. The molecule has 3 aromatic carbocycles. The minimum atomic E-state index is -0.929. The number of hydrogen-bond acceptors (Lipinski definition) is 12. The molecule has 5 rings (SSSR count). The van der Waals surface area contributed by atoms with E-state index in [4.69, 9.17) is 35.3 Å². The number of thiazole rings is 1. The number of nitriles is 1. The molecule has 1 aromatic heterocycles. The van der Waals surface area contributed by atoms with Gasteiger partial charge in [-0.1, -0.05) is 47.2 Å². The molecule has 12 nitrogen and oxygen atoms in total. The number of carbonyl (C=O) groups excluding carboxylic acids is 2. The summed E-state index contributed by atoms with van der Waals surface area (Å²) < 4.78 is 34.9. The minimum Gasteiger partial charge on any atom is -0.493 e. The van der Waals surface area contributed by atoms with Crippen LogP contribution in [0.5, 0.6) is 23.0 Å². The van der Waals surface area contributed by atoms with Gasteiger partial charge in [0.25, 0.3) is 5.56 Å². The first-order valence-corrected chi connectivity index (χ1v) is 17.0. The molecule has 0 radical (unpaired) electrons. The van der Waals surface area contributed by atoms with Gasteiger partial charge >= 0.3 is 11.9 Å². The molecule has 0 bridgehead atoms. The number of halogens is 1. The molecule has 0 N–H and O–H groups in total. The zero-order valence-corrected chi connectivity index (χ0v) is 30.1. The first-order valence-electron chi connectivity index (χ1n) is 15.8. The highest BCUT2D eigenvalue weighted by Crippen LogP contribution is 2.38. The molecular weight excluding hydrogens is 698 g/mol. The van der Waals surface area contributed by atoms with Gasteiger partial charge in [-0.3, -0.25) is 9.36 Å². The minimum absolute atomic E-state index is 0.0866. The van der Waals surface area contributed by atoms with Gasteiger partial charge in [-0.2, -0.15) is 5.26 Å². The van der Waals surface area contributed by atoms with Gasteiger partial charge in [-0.05, 0) is 68.3 Å². The molecule has 1 atom stereocenters. The predicted molar refractivity (Wildman–Crippen MR) is 189 cm³/mol. The maximum absolute atomic E-state index is 14.2. The number of nitrogens with zero attached hydrogens (tertiary/aromatic N) is 3. The summed E-state index contributed by atoms with van der Waals surface area (Å²) in [5.41, 5.74) is 2.41. The van der Waals surface area contributed by atoms with E-state index in [1.54, 1.807) is 75.4 Å². The monoisotopic (exact) mass is 731 g/mol. The molecule has 0 amide bonds. The second-order valence-corrected chi connectivity index (χ2v) is 12.3. The average Bonchev–Trinajstić information content (AvgIpc) is 3.43. The number of allylic oxidation sites excluding steroid dienone is 1. The van der Waals surface area contributed by atoms with E-state index in [1.807, 2.05) is 6.07 Å². The summed E-state index contributed by atoms with van der Waals surface area (Å²) in [7, 11) is 2.73. The third-order valence-corrected chi connectivity index (χ3v) is 9.00. The number of esters is 2. The van der Waals surface area contributed by atoms with Crippen LogP contribution in [-0.2, 0) is 25.7 Å². The number of aromatic nitrogens is 1. The molecule has 0 aliphatic carbocycles. The van der Waals surface area contributed by atoms with Crippen LogP contribution in [0.3, 0.4) is 0 Å². The fourth-order valence-corrected chi connectivity index (χ4v) is 6.72. The Kier molecular flexibility index (Phi) is 11.8. The van der Waals surface area contributed by atoms with E-state index in [2.05, 4.69) is 15.8 Å². The van der Waals surface area contributed by atoms with Crippen LogP contribution in [0.25, 0.3) is 6.08 Å². The van der Waals surface area contributed by atoms with Gasteiger partial charge in [0.1, 0.15) is 6.61 Å². The van der Waals surface area contributed by atoms with Crippen molar-refractivity contribution in [3.8, 4) is 29.1 Å². The summed E-state index contributed by atoms with van der Waals surface area (Å²) in [6.07, 6.45) is 1.66. The summed E-state index contributed by atoms with van der Waals surface area (Å²) >= 11 is 7.81. The standard InChI is InChI=1S/C37H34ClN3O9S/c1-6-47-28-17-23(12-13-27(28)49-20-31(42)46-5)33-32(36(44)48-7-2)21(3)40-37-41(33)35(43)30(51-37)16-22-14-26(38)34(29(15-22)45-4)50-19-25-11-9-8-10-24(25)18-39/h8-17,33H,6-7,19-20H2,1-5H3/b30-16-/t33-/m1/s1. The molecule has 0 saturated carbocycles. The number of hydrogen-bond donors (Lipinski definition) is 0. The van der Waals surface area contributed by atoms with Gasteiger partial charge in [0.05, 0.1) is 65.9 Å². The first kappa shape index (κ1) is 36.7. The van der Waals surface area contributed by atoms with Crippen molar-refractivity contribution in [1.29, 1.82) is 5.26 Å². The van der Waals surface area contributed by atoms with Crippen molar-refractivity contribution in [3.63, 3.8) is 0 Å². The molecule has 264 valence electrons. The van der Waals surface area contributed by atoms with Gasteiger partial charge in [-0.15, -0.1) is 0 Å². The lowest BCUT2D eigenvalue weighted by molar-refractivity contribution is -0.143. The van der Waals surface area contributed by atoms with Crippen molar-refractivity contribution >= 4 is 41.0 Å². The largest absolute Gasteiger partial charge is 0.493 e. The third-order valence-electron chi connectivity index (χ3n) is 7.73. The van der Waals surface area contributed by atoms with Crippen molar-refractivity contribution in [1.82, 2.24) is 4.57 Å². The lowest BCUT2D eigenvalue weighted by atomic mass is 9.95. The number of methoxy groups -OCH3 is 2. The summed E-state index contributed by atoms with van der Waals surface area (Å²) in [5.74, 6) is 0.00530. The molecule has 1 aliphatic heterocycles. The highest BCUT2D eigenvalue weighted by molar-refractivity contribution is 7.07. The van der Waals surface area contributed by atoms with Crippen molar-refractivity contribution in [2.45, 2.75) is 33.4 Å². The number of benzene rings is 3. The Bertz CT molecular complexity index is 2240. The summed E-state index contributed by atoms with van der Waals surface area (Å²) in [6, 6.07) is 16.6. The molecule has 4 aromatic rings. The molecule has 0 spiro atoms. The summed E-state index contributed by atoms with van der Waals surface area (Å²) in [6.45, 7) is 5.32. The Morgan fingerprint density at radius 3 is 2.51 bits per heavy atom. The number of rotatable bonds is 13. The zero-order chi connectivity index (χ0) is 36.7. The third kappa shape index (κ3) is 7.93. The van der Waals surface area contributed by atoms with E-state index in [9.17, 15) is 19.6 Å². The van der Waals surface area contributed by atoms with Crippen LogP contribution in [0.1, 0.15) is 49.1 Å². The quantitative estimate of drug-likeness (QED) is 0.175. The maximum atomic E-state index is 14.2. The van der Waals surface area contributed by atoms with Crippen molar-refractivity contribution < 1.29 is 38.0 Å². The van der Waals surface area contributed by atoms with E-state index in [0.29, 0.717) is 48.8 Å². The van der Waals surface area contributed by atoms with Crippen molar-refractivity contribution in [2.75, 3.05) is 34.0 Å². The van der Waals surface area contributed by atoms with Crippen LogP contribution in [-0.4, -0.2) is 50.5 Å². The Labute approximate surface area is 302 Å². The van der Waals surface area contributed by atoms with E-state index >= 15 is 0 Å². The smallest absolute Gasteiger partial charge is 0.343 e. The summed E-state index contributed by atoms with van der Waals surface area (Å²) in [4.78, 5) is 44.4. The molecule has 0 saturated heterocycles. The topological polar surface area (TPSA) is 148 Å². The number of fused-ring (bicyclic) bond motifs is 1.